The van der Waals surface area contributed by atoms with Crippen molar-refractivity contribution in [2.24, 2.45) is 0 Å². The number of hydrogen-bond donors (Lipinski definition) is 1. The number of hydrogen-bond acceptors (Lipinski definition) is 2. The average molecular weight is 259 g/mol. The molecule has 2 rings (SSSR count). The van der Waals surface area contributed by atoms with Crippen LogP contribution in [0.5, 0.6) is 0 Å². The molecule has 1 unspecified atom stereocenters. The minimum absolute atomic E-state index is 0.128. The van der Waals surface area contributed by atoms with Gasteiger partial charge in [-0.2, -0.15) is 0 Å². The normalized spacial score (nSPS) is 17.6. The molecular weight excluding hydrogens is 234 g/mol. The van der Waals surface area contributed by atoms with Crippen LogP contribution in [-0.2, 0) is 4.79 Å². The van der Waals surface area contributed by atoms with Crippen molar-refractivity contribution in [2.45, 2.75) is 57.8 Å². The number of Topliss-reactive ketones (excluding diaryl/α,β-unsaturated/α-hetero) is 1. The van der Waals surface area contributed by atoms with E-state index < -0.39 is 0 Å². The van der Waals surface area contributed by atoms with E-state index in [9.17, 15) is 4.79 Å². The molecule has 1 heterocycles. The Morgan fingerprint density at radius 3 is 2.84 bits per heavy atom. The van der Waals surface area contributed by atoms with Crippen molar-refractivity contribution in [3.63, 3.8) is 0 Å². The lowest BCUT2D eigenvalue weighted by atomic mass is 9.85. The molecule has 0 amide bonds. The highest BCUT2D eigenvalue weighted by atomic mass is 16.1. The van der Waals surface area contributed by atoms with Gasteiger partial charge in [-0.15, -0.1) is 0 Å². The molecule has 0 saturated carbocycles. The van der Waals surface area contributed by atoms with Crippen molar-refractivity contribution in [2.75, 3.05) is 11.9 Å². The number of benzene rings is 1. The fraction of sp³-hybridized carbons (Fsp3) is 0.588. The molecule has 0 aliphatic carbocycles. The molecule has 0 radical (unpaired) electrons. The second kappa shape index (κ2) is 7.32. The molecule has 1 N–H and O–H groups in total. The van der Waals surface area contributed by atoms with Crippen LogP contribution in [0.1, 0.15) is 63.4 Å². The van der Waals surface area contributed by atoms with Gasteiger partial charge in [-0.25, -0.2) is 0 Å². The van der Waals surface area contributed by atoms with Gasteiger partial charge in [0.15, 0.2) is 0 Å². The molecule has 0 spiro atoms. The zero-order valence-corrected chi connectivity index (χ0v) is 12.0. The van der Waals surface area contributed by atoms with Gasteiger partial charge in [0.05, 0.1) is 0 Å². The highest BCUT2D eigenvalue weighted by Crippen LogP contribution is 2.32. The van der Waals surface area contributed by atoms with Crippen LogP contribution in [-0.4, -0.2) is 12.3 Å². The van der Waals surface area contributed by atoms with Crippen LogP contribution in [0.15, 0.2) is 24.3 Å². The standard InChI is InChI=1S/C17H25NO/c1-2-3-4-5-6-11-17(19)15-12-13-18-16-10-8-7-9-14(15)16/h7-10,15,18H,2-6,11-13H2,1H3. The fourth-order valence-electron chi connectivity index (χ4n) is 2.88. The van der Waals surface area contributed by atoms with Gasteiger partial charge in [-0.05, 0) is 24.5 Å². The predicted molar refractivity (Wildman–Crippen MR) is 80.7 cm³/mol. The summed E-state index contributed by atoms with van der Waals surface area (Å²) in [5.74, 6) is 0.564. The molecule has 1 atom stereocenters. The van der Waals surface area contributed by atoms with Crippen molar-refractivity contribution in [1.82, 2.24) is 0 Å². The first-order valence-corrected chi connectivity index (χ1v) is 7.68. The summed E-state index contributed by atoms with van der Waals surface area (Å²) in [5, 5.41) is 3.38. The zero-order chi connectivity index (χ0) is 13.5. The number of carbonyl (C=O) groups is 1. The van der Waals surface area contributed by atoms with Crippen molar-refractivity contribution in [3.05, 3.63) is 29.8 Å². The van der Waals surface area contributed by atoms with E-state index in [1.54, 1.807) is 0 Å². The molecule has 0 bridgehead atoms. The van der Waals surface area contributed by atoms with Gasteiger partial charge in [0.1, 0.15) is 5.78 Å². The van der Waals surface area contributed by atoms with Gasteiger partial charge in [-0.3, -0.25) is 4.79 Å². The molecular formula is C17H25NO. The van der Waals surface area contributed by atoms with Crippen LogP contribution in [0, 0.1) is 0 Å². The lowest BCUT2D eigenvalue weighted by Gasteiger charge is -2.25. The predicted octanol–water partition coefficient (Wildman–Crippen LogP) is 4.52. The molecule has 1 aromatic carbocycles. The third kappa shape index (κ3) is 3.82. The third-order valence-corrected chi connectivity index (χ3v) is 4.00. The van der Waals surface area contributed by atoms with Crippen LogP contribution < -0.4 is 5.32 Å². The van der Waals surface area contributed by atoms with Crippen LogP contribution in [0.25, 0.3) is 0 Å². The summed E-state index contributed by atoms with van der Waals surface area (Å²) in [6.45, 7) is 3.14. The van der Waals surface area contributed by atoms with E-state index >= 15 is 0 Å². The number of para-hydroxylation sites is 1. The second-order valence-corrected chi connectivity index (χ2v) is 5.49. The molecule has 2 heteroatoms. The Morgan fingerprint density at radius 2 is 2.00 bits per heavy atom. The van der Waals surface area contributed by atoms with Gasteiger partial charge >= 0.3 is 0 Å². The average Bonchev–Trinajstić information content (AvgIpc) is 2.46. The van der Waals surface area contributed by atoms with Gasteiger partial charge in [0, 0.05) is 24.6 Å². The Kier molecular flexibility index (Phi) is 5.44. The molecule has 0 saturated heterocycles. The fourth-order valence-corrected chi connectivity index (χ4v) is 2.88. The number of unbranched alkanes of at least 4 members (excludes halogenated alkanes) is 4. The van der Waals surface area contributed by atoms with Gasteiger partial charge in [0.25, 0.3) is 0 Å². The molecule has 0 aromatic heterocycles. The van der Waals surface area contributed by atoms with E-state index in [4.69, 9.17) is 0 Å². The Bertz CT molecular complexity index is 413. The maximum absolute atomic E-state index is 12.4. The SMILES string of the molecule is CCCCCCCC(=O)C1CCNc2ccccc21. The van der Waals surface area contributed by atoms with Crippen LogP contribution in [0.2, 0.25) is 0 Å². The summed E-state index contributed by atoms with van der Waals surface area (Å²) in [6.07, 6.45) is 7.79. The largest absolute Gasteiger partial charge is 0.385 e. The number of carbonyl (C=O) groups excluding carboxylic acids is 1. The Balaban J connectivity index is 1.86. The van der Waals surface area contributed by atoms with Gasteiger partial charge in [0.2, 0.25) is 0 Å². The van der Waals surface area contributed by atoms with Crippen LogP contribution in [0.3, 0.4) is 0 Å². The monoisotopic (exact) mass is 259 g/mol. The Labute approximate surface area is 116 Å². The summed E-state index contributed by atoms with van der Waals surface area (Å²) in [7, 11) is 0. The first-order chi connectivity index (χ1) is 9.33. The Hall–Kier alpha value is -1.31. The lowest BCUT2D eigenvalue weighted by Crippen LogP contribution is -2.22. The van der Waals surface area contributed by atoms with E-state index in [1.807, 2.05) is 12.1 Å². The van der Waals surface area contributed by atoms with Crippen molar-refractivity contribution in [1.29, 1.82) is 0 Å². The van der Waals surface area contributed by atoms with Crippen molar-refractivity contribution in [3.8, 4) is 0 Å². The molecule has 1 aliphatic heterocycles. The van der Waals surface area contributed by atoms with E-state index in [0.717, 1.165) is 31.5 Å². The Morgan fingerprint density at radius 1 is 1.21 bits per heavy atom. The maximum atomic E-state index is 12.4. The lowest BCUT2D eigenvalue weighted by molar-refractivity contribution is -0.120. The quantitative estimate of drug-likeness (QED) is 0.730. The minimum atomic E-state index is 0.128. The highest BCUT2D eigenvalue weighted by Gasteiger charge is 2.25. The number of anilines is 1. The molecule has 1 aliphatic rings. The number of fused-ring (bicyclic) bond motifs is 1. The van der Waals surface area contributed by atoms with E-state index in [1.165, 1.54) is 31.2 Å². The van der Waals surface area contributed by atoms with E-state index in [0.29, 0.717) is 5.78 Å². The summed E-state index contributed by atoms with van der Waals surface area (Å²) in [5.41, 5.74) is 2.35. The zero-order valence-electron chi connectivity index (χ0n) is 12.0. The minimum Gasteiger partial charge on any atom is -0.385 e. The maximum Gasteiger partial charge on any atom is 0.140 e. The molecule has 104 valence electrons. The first-order valence-electron chi connectivity index (χ1n) is 7.68. The van der Waals surface area contributed by atoms with E-state index in [2.05, 4.69) is 24.4 Å². The molecule has 19 heavy (non-hydrogen) atoms. The van der Waals surface area contributed by atoms with Crippen molar-refractivity contribution < 1.29 is 4.79 Å². The number of nitrogens with one attached hydrogen (secondary N) is 1. The highest BCUT2D eigenvalue weighted by molar-refractivity contribution is 5.88. The number of ketones is 1. The number of rotatable bonds is 7. The molecule has 2 nitrogen and oxygen atoms in total. The first kappa shape index (κ1) is 14.1. The third-order valence-electron chi connectivity index (χ3n) is 4.00. The second-order valence-electron chi connectivity index (χ2n) is 5.49. The molecule has 1 aromatic rings. The summed E-state index contributed by atoms with van der Waals surface area (Å²) in [6, 6.07) is 8.24. The van der Waals surface area contributed by atoms with E-state index in [-0.39, 0.29) is 5.92 Å². The van der Waals surface area contributed by atoms with Crippen LogP contribution >= 0.6 is 0 Å². The summed E-state index contributed by atoms with van der Waals surface area (Å²) < 4.78 is 0. The van der Waals surface area contributed by atoms with Crippen LogP contribution in [0.4, 0.5) is 5.69 Å². The molecule has 0 fully saturated rings. The van der Waals surface area contributed by atoms with Gasteiger partial charge < -0.3 is 5.32 Å². The van der Waals surface area contributed by atoms with Crippen molar-refractivity contribution >= 4 is 11.5 Å². The summed E-state index contributed by atoms with van der Waals surface area (Å²) in [4.78, 5) is 12.4. The van der Waals surface area contributed by atoms with Gasteiger partial charge in [-0.1, -0.05) is 50.8 Å². The summed E-state index contributed by atoms with van der Waals surface area (Å²) >= 11 is 0. The topological polar surface area (TPSA) is 29.1 Å². The smallest absolute Gasteiger partial charge is 0.140 e.